The number of hydrogen-bond acceptors (Lipinski definition) is 5. The molecule has 96 valence electrons. The van der Waals surface area contributed by atoms with E-state index in [4.69, 9.17) is 10.3 Å². The Morgan fingerprint density at radius 2 is 2.17 bits per heavy atom. The van der Waals surface area contributed by atoms with Crippen LogP contribution in [0.25, 0.3) is 11.4 Å². The molecule has 3 N–H and O–H groups in total. The monoisotopic (exact) mass is 247 g/mol. The van der Waals surface area contributed by atoms with Crippen LogP contribution in [0.15, 0.2) is 28.8 Å². The first-order valence-electron chi connectivity index (χ1n) is 5.82. The molecule has 0 unspecified atom stereocenters. The van der Waals surface area contributed by atoms with Crippen molar-refractivity contribution in [3.05, 3.63) is 35.7 Å². The second kappa shape index (κ2) is 4.88. The molecule has 1 heterocycles. The fourth-order valence-electron chi connectivity index (χ4n) is 1.77. The van der Waals surface area contributed by atoms with E-state index in [1.165, 1.54) is 0 Å². The van der Waals surface area contributed by atoms with Gasteiger partial charge in [-0.1, -0.05) is 23.4 Å². The van der Waals surface area contributed by atoms with Gasteiger partial charge in [0.2, 0.25) is 11.7 Å². The van der Waals surface area contributed by atoms with Gasteiger partial charge in [-0.05, 0) is 25.5 Å². The summed E-state index contributed by atoms with van der Waals surface area (Å²) in [5.74, 6) is 0.936. The van der Waals surface area contributed by atoms with Gasteiger partial charge in [0.25, 0.3) is 0 Å². The van der Waals surface area contributed by atoms with Crippen LogP contribution in [-0.4, -0.2) is 20.8 Å². The van der Waals surface area contributed by atoms with Crippen molar-refractivity contribution in [1.82, 2.24) is 10.1 Å². The molecule has 1 aromatic heterocycles. The number of rotatable bonds is 4. The summed E-state index contributed by atoms with van der Waals surface area (Å²) >= 11 is 0. The van der Waals surface area contributed by atoms with Crippen molar-refractivity contribution in [3.8, 4) is 11.4 Å². The highest BCUT2D eigenvalue weighted by molar-refractivity contribution is 5.55. The summed E-state index contributed by atoms with van der Waals surface area (Å²) in [5, 5.41) is 13.7. The fourth-order valence-corrected chi connectivity index (χ4v) is 1.77. The van der Waals surface area contributed by atoms with Crippen LogP contribution in [0.5, 0.6) is 0 Å². The number of nitrogens with zero attached hydrogens (tertiary/aromatic N) is 2. The molecule has 5 heteroatoms. The third-order valence-corrected chi connectivity index (χ3v) is 2.46. The number of aromatic nitrogens is 2. The smallest absolute Gasteiger partial charge is 0.240 e. The lowest BCUT2D eigenvalue weighted by molar-refractivity contribution is 0.0810. The lowest BCUT2D eigenvalue weighted by Crippen LogP contribution is -2.21. The second-order valence-corrected chi connectivity index (χ2v) is 4.91. The first-order valence-corrected chi connectivity index (χ1v) is 5.82. The van der Waals surface area contributed by atoms with Gasteiger partial charge in [-0.25, -0.2) is 0 Å². The molecule has 0 amide bonds. The molecular weight excluding hydrogens is 230 g/mol. The summed E-state index contributed by atoms with van der Waals surface area (Å²) in [6.45, 7) is 3.79. The molecule has 0 aliphatic heterocycles. The van der Waals surface area contributed by atoms with Crippen LogP contribution >= 0.6 is 0 Å². The molecule has 0 atom stereocenters. The van der Waals surface area contributed by atoms with Crippen molar-refractivity contribution in [2.24, 2.45) is 5.73 Å². The normalized spacial score (nSPS) is 11.8. The highest BCUT2D eigenvalue weighted by Gasteiger charge is 2.14. The van der Waals surface area contributed by atoms with Gasteiger partial charge in [-0.2, -0.15) is 4.98 Å². The highest BCUT2D eigenvalue weighted by atomic mass is 16.5. The fraction of sp³-hybridized carbons (Fsp3) is 0.385. The third-order valence-electron chi connectivity index (χ3n) is 2.46. The zero-order valence-corrected chi connectivity index (χ0v) is 10.6. The predicted octanol–water partition coefficient (Wildman–Crippen LogP) is 1.51. The third kappa shape index (κ3) is 3.15. The lowest BCUT2D eigenvalue weighted by atomic mass is 9.97. The van der Waals surface area contributed by atoms with E-state index < -0.39 is 5.60 Å². The maximum Gasteiger partial charge on any atom is 0.240 e. The molecule has 0 aliphatic carbocycles. The predicted molar refractivity (Wildman–Crippen MR) is 67.6 cm³/mol. The Morgan fingerprint density at radius 1 is 1.39 bits per heavy atom. The van der Waals surface area contributed by atoms with Crippen LogP contribution in [0.3, 0.4) is 0 Å². The molecule has 1 aromatic carbocycles. The van der Waals surface area contributed by atoms with E-state index in [0.717, 1.165) is 11.1 Å². The summed E-state index contributed by atoms with van der Waals surface area (Å²) in [5.41, 5.74) is 6.58. The molecule has 0 saturated heterocycles. The first kappa shape index (κ1) is 12.7. The van der Waals surface area contributed by atoms with Gasteiger partial charge in [-0.15, -0.1) is 0 Å². The number of nitrogens with two attached hydrogens (primary N) is 1. The van der Waals surface area contributed by atoms with E-state index in [2.05, 4.69) is 10.1 Å². The van der Waals surface area contributed by atoms with Gasteiger partial charge in [-0.3, -0.25) is 0 Å². The van der Waals surface area contributed by atoms with Gasteiger partial charge >= 0.3 is 0 Å². The van der Waals surface area contributed by atoms with Crippen molar-refractivity contribution >= 4 is 0 Å². The molecule has 0 bridgehead atoms. The van der Waals surface area contributed by atoms with Crippen molar-refractivity contribution < 1.29 is 9.63 Å². The maximum atomic E-state index is 9.81. The molecule has 2 aromatic rings. The molecule has 18 heavy (non-hydrogen) atoms. The van der Waals surface area contributed by atoms with Crippen molar-refractivity contribution in [1.29, 1.82) is 0 Å². The Hall–Kier alpha value is -1.72. The average molecular weight is 247 g/mol. The summed E-state index contributed by atoms with van der Waals surface area (Å²) in [4.78, 5) is 4.17. The largest absolute Gasteiger partial charge is 0.390 e. The van der Waals surface area contributed by atoms with Gasteiger partial charge in [0.05, 0.1) is 12.1 Å². The van der Waals surface area contributed by atoms with E-state index in [-0.39, 0.29) is 6.54 Å². The average Bonchev–Trinajstić information content (AvgIpc) is 2.75. The minimum Gasteiger partial charge on any atom is -0.390 e. The molecule has 0 radical (unpaired) electrons. The number of benzene rings is 1. The molecular formula is C13H17N3O2. The molecule has 5 nitrogen and oxygen atoms in total. The Kier molecular flexibility index (Phi) is 3.45. The molecule has 2 rings (SSSR count). The Morgan fingerprint density at radius 3 is 2.78 bits per heavy atom. The van der Waals surface area contributed by atoms with Gasteiger partial charge in [0, 0.05) is 12.0 Å². The van der Waals surface area contributed by atoms with Crippen LogP contribution in [0.2, 0.25) is 0 Å². The SMILES string of the molecule is CC(C)(O)Cc1cccc(-c2noc(CN)n2)c1. The van der Waals surface area contributed by atoms with E-state index in [0.29, 0.717) is 18.1 Å². The minimum atomic E-state index is -0.738. The quantitative estimate of drug-likeness (QED) is 0.855. The maximum absolute atomic E-state index is 9.81. The Bertz CT molecular complexity index is 529. The number of aliphatic hydroxyl groups is 1. The molecule has 0 fully saturated rings. The standard InChI is InChI=1S/C13H17N3O2/c1-13(2,17)7-9-4-3-5-10(6-9)12-15-11(8-14)18-16-12/h3-6,17H,7-8,14H2,1-2H3. The van der Waals surface area contributed by atoms with Crippen LogP contribution < -0.4 is 5.73 Å². The second-order valence-electron chi connectivity index (χ2n) is 4.91. The Balaban J connectivity index is 2.26. The van der Waals surface area contributed by atoms with Crippen molar-refractivity contribution in [2.45, 2.75) is 32.4 Å². The van der Waals surface area contributed by atoms with Crippen LogP contribution in [0.1, 0.15) is 25.3 Å². The van der Waals surface area contributed by atoms with Crippen LogP contribution in [-0.2, 0) is 13.0 Å². The topological polar surface area (TPSA) is 85.2 Å². The highest BCUT2D eigenvalue weighted by Crippen LogP contribution is 2.20. The van der Waals surface area contributed by atoms with Gasteiger partial charge < -0.3 is 15.4 Å². The Labute approximate surface area is 106 Å². The molecule has 0 spiro atoms. The van der Waals surface area contributed by atoms with Crippen LogP contribution in [0.4, 0.5) is 0 Å². The summed E-state index contributed by atoms with van der Waals surface area (Å²) in [7, 11) is 0. The van der Waals surface area contributed by atoms with E-state index in [1.807, 2.05) is 24.3 Å². The van der Waals surface area contributed by atoms with Crippen molar-refractivity contribution in [3.63, 3.8) is 0 Å². The zero-order valence-electron chi connectivity index (χ0n) is 10.6. The molecule has 0 aliphatic rings. The zero-order chi connectivity index (χ0) is 13.2. The lowest BCUT2D eigenvalue weighted by Gasteiger charge is -2.17. The van der Waals surface area contributed by atoms with E-state index in [1.54, 1.807) is 13.8 Å². The summed E-state index contributed by atoms with van der Waals surface area (Å²) in [6, 6.07) is 7.72. The molecule has 0 saturated carbocycles. The van der Waals surface area contributed by atoms with Crippen LogP contribution in [0, 0.1) is 0 Å². The summed E-state index contributed by atoms with van der Waals surface area (Å²) in [6.07, 6.45) is 0.572. The van der Waals surface area contributed by atoms with E-state index >= 15 is 0 Å². The van der Waals surface area contributed by atoms with Gasteiger partial charge in [0.1, 0.15) is 0 Å². The van der Waals surface area contributed by atoms with E-state index in [9.17, 15) is 5.11 Å². The van der Waals surface area contributed by atoms with Crippen molar-refractivity contribution in [2.75, 3.05) is 0 Å². The van der Waals surface area contributed by atoms with Gasteiger partial charge in [0.15, 0.2) is 0 Å². The first-order chi connectivity index (χ1) is 8.48. The minimum absolute atomic E-state index is 0.233. The summed E-state index contributed by atoms with van der Waals surface area (Å²) < 4.78 is 4.97. The number of hydrogen-bond donors (Lipinski definition) is 2.